The predicted octanol–water partition coefficient (Wildman–Crippen LogP) is 2.76. The quantitative estimate of drug-likeness (QED) is 0.812. The van der Waals surface area contributed by atoms with Gasteiger partial charge >= 0.3 is 0 Å². The van der Waals surface area contributed by atoms with Gasteiger partial charge in [-0.3, -0.25) is 9.59 Å². The van der Waals surface area contributed by atoms with Gasteiger partial charge in [-0.05, 0) is 38.3 Å². The molecule has 0 bridgehead atoms. The zero-order chi connectivity index (χ0) is 18.7. The largest absolute Gasteiger partial charge is 0.372 e. The van der Waals surface area contributed by atoms with Crippen molar-refractivity contribution in [1.29, 1.82) is 0 Å². The molecule has 1 aromatic rings. The topological polar surface area (TPSA) is 49.9 Å². The van der Waals surface area contributed by atoms with Crippen LogP contribution >= 0.6 is 11.6 Å². The number of hydrogen-bond acceptors (Lipinski definition) is 3. The number of carbonyl (C=O) groups excluding carboxylic acids is 2. The number of halogens is 1. The number of carbonyl (C=O) groups is 2. The van der Waals surface area contributed by atoms with E-state index in [1.165, 1.54) is 0 Å². The second-order valence-corrected chi connectivity index (χ2v) is 7.83. The van der Waals surface area contributed by atoms with Crippen LogP contribution in [0.3, 0.4) is 0 Å². The number of amides is 2. The molecule has 2 aliphatic heterocycles. The molecule has 0 aromatic heterocycles. The molecule has 5 nitrogen and oxygen atoms in total. The van der Waals surface area contributed by atoms with Crippen LogP contribution in [0.1, 0.15) is 32.3 Å². The summed E-state index contributed by atoms with van der Waals surface area (Å²) in [5, 5.41) is 0.626. The summed E-state index contributed by atoms with van der Waals surface area (Å²) in [7, 11) is 0. The SMILES string of the molecule is C[C@@H]1CN(C(=O)C2CCN(C(=O)Cc3ccccc3Cl)CC2)C[C@@H](C)O1. The summed E-state index contributed by atoms with van der Waals surface area (Å²) in [6.07, 6.45) is 1.94. The molecule has 142 valence electrons. The third-order valence-corrected chi connectivity index (χ3v) is 5.60. The highest BCUT2D eigenvalue weighted by molar-refractivity contribution is 6.31. The Hall–Kier alpha value is -1.59. The van der Waals surface area contributed by atoms with Gasteiger partial charge in [-0.15, -0.1) is 0 Å². The van der Waals surface area contributed by atoms with Gasteiger partial charge < -0.3 is 14.5 Å². The fraction of sp³-hybridized carbons (Fsp3) is 0.600. The Morgan fingerprint density at radius 3 is 2.31 bits per heavy atom. The van der Waals surface area contributed by atoms with Gasteiger partial charge in [-0.2, -0.15) is 0 Å². The van der Waals surface area contributed by atoms with E-state index < -0.39 is 0 Å². The highest BCUT2D eigenvalue weighted by atomic mass is 35.5. The summed E-state index contributed by atoms with van der Waals surface area (Å²) in [4.78, 5) is 29.1. The number of likely N-dealkylation sites (tertiary alicyclic amines) is 1. The van der Waals surface area contributed by atoms with Gasteiger partial charge in [0.25, 0.3) is 0 Å². The maximum atomic E-state index is 12.8. The zero-order valence-corrected chi connectivity index (χ0v) is 16.2. The van der Waals surface area contributed by atoms with E-state index in [0.717, 1.165) is 18.4 Å². The minimum atomic E-state index is 0.0110. The molecule has 2 saturated heterocycles. The van der Waals surface area contributed by atoms with E-state index >= 15 is 0 Å². The molecule has 2 fully saturated rings. The average Bonchev–Trinajstić information content (AvgIpc) is 2.62. The summed E-state index contributed by atoms with van der Waals surface area (Å²) >= 11 is 6.15. The number of piperidine rings is 1. The van der Waals surface area contributed by atoms with Crippen molar-refractivity contribution in [2.24, 2.45) is 5.92 Å². The fourth-order valence-electron chi connectivity index (χ4n) is 3.91. The molecule has 0 spiro atoms. The van der Waals surface area contributed by atoms with Crippen LogP contribution in [0.5, 0.6) is 0 Å². The van der Waals surface area contributed by atoms with Crippen LogP contribution in [-0.2, 0) is 20.7 Å². The highest BCUT2D eigenvalue weighted by Gasteiger charge is 2.33. The molecular weight excluding hydrogens is 352 g/mol. The highest BCUT2D eigenvalue weighted by Crippen LogP contribution is 2.23. The zero-order valence-electron chi connectivity index (χ0n) is 15.5. The van der Waals surface area contributed by atoms with Crippen LogP contribution in [0.25, 0.3) is 0 Å². The summed E-state index contributed by atoms with van der Waals surface area (Å²) in [6, 6.07) is 7.45. The Kier molecular flexibility index (Phi) is 6.20. The summed E-state index contributed by atoms with van der Waals surface area (Å²) in [6.45, 7) is 6.60. The van der Waals surface area contributed by atoms with Crippen LogP contribution < -0.4 is 0 Å². The van der Waals surface area contributed by atoms with Crippen LogP contribution in [0.4, 0.5) is 0 Å². The van der Waals surface area contributed by atoms with E-state index in [0.29, 0.717) is 37.6 Å². The van der Waals surface area contributed by atoms with Crippen LogP contribution in [0.2, 0.25) is 5.02 Å². The normalized spacial score (nSPS) is 24.6. The Bertz CT molecular complexity index is 648. The number of morpholine rings is 1. The lowest BCUT2D eigenvalue weighted by Gasteiger charge is -2.39. The standard InChI is InChI=1S/C20H27ClN2O3/c1-14-12-23(13-15(2)26-14)20(25)16-7-9-22(10-8-16)19(24)11-17-5-3-4-6-18(17)21/h3-6,14-16H,7-13H2,1-2H3/t14-,15-/m1/s1. The van der Waals surface area contributed by atoms with E-state index in [9.17, 15) is 9.59 Å². The number of benzene rings is 1. The van der Waals surface area contributed by atoms with Crippen LogP contribution in [-0.4, -0.2) is 60.0 Å². The molecule has 3 rings (SSSR count). The van der Waals surface area contributed by atoms with Crippen molar-refractivity contribution < 1.29 is 14.3 Å². The van der Waals surface area contributed by atoms with Crippen LogP contribution in [0.15, 0.2) is 24.3 Å². The molecule has 2 aliphatic rings. The minimum absolute atomic E-state index is 0.0110. The lowest BCUT2D eigenvalue weighted by atomic mass is 9.94. The first-order valence-corrected chi connectivity index (χ1v) is 9.77. The van der Waals surface area contributed by atoms with E-state index in [1.807, 2.05) is 41.8 Å². The fourth-order valence-corrected chi connectivity index (χ4v) is 4.11. The molecule has 2 heterocycles. The van der Waals surface area contributed by atoms with E-state index in [2.05, 4.69) is 0 Å². The summed E-state index contributed by atoms with van der Waals surface area (Å²) in [5.41, 5.74) is 0.855. The first-order chi connectivity index (χ1) is 12.4. The molecule has 2 amide bonds. The van der Waals surface area contributed by atoms with Crippen LogP contribution in [0, 0.1) is 5.92 Å². The number of hydrogen-bond donors (Lipinski definition) is 0. The molecule has 0 N–H and O–H groups in total. The Morgan fingerprint density at radius 1 is 1.08 bits per heavy atom. The summed E-state index contributed by atoms with van der Waals surface area (Å²) in [5.74, 6) is 0.305. The molecule has 0 saturated carbocycles. The maximum Gasteiger partial charge on any atom is 0.227 e. The van der Waals surface area contributed by atoms with E-state index in [1.54, 1.807) is 6.07 Å². The lowest BCUT2D eigenvalue weighted by molar-refractivity contribution is -0.150. The third kappa shape index (κ3) is 4.57. The van der Waals surface area contributed by atoms with Gasteiger partial charge in [0, 0.05) is 37.1 Å². The monoisotopic (exact) mass is 378 g/mol. The number of rotatable bonds is 3. The van der Waals surface area contributed by atoms with Crippen molar-refractivity contribution in [3.05, 3.63) is 34.9 Å². The molecule has 1 aromatic carbocycles. The second kappa shape index (κ2) is 8.40. The van der Waals surface area contributed by atoms with Crippen molar-refractivity contribution in [2.75, 3.05) is 26.2 Å². The number of nitrogens with zero attached hydrogens (tertiary/aromatic N) is 2. The van der Waals surface area contributed by atoms with Crippen molar-refractivity contribution in [1.82, 2.24) is 9.80 Å². The van der Waals surface area contributed by atoms with Gasteiger partial charge in [0.05, 0.1) is 18.6 Å². The first-order valence-electron chi connectivity index (χ1n) is 9.39. The van der Waals surface area contributed by atoms with Gasteiger partial charge in [0.15, 0.2) is 0 Å². The molecule has 2 atom stereocenters. The first kappa shape index (κ1) is 19.2. The maximum absolute atomic E-state index is 12.8. The van der Waals surface area contributed by atoms with Gasteiger partial charge in [0.1, 0.15) is 0 Å². The lowest BCUT2D eigenvalue weighted by Crippen LogP contribution is -2.51. The average molecular weight is 379 g/mol. The number of ether oxygens (including phenoxy) is 1. The van der Waals surface area contributed by atoms with E-state index in [-0.39, 0.29) is 29.9 Å². The summed E-state index contributed by atoms with van der Waals surface area (Å²) < 4.78 is 5.71. The van der Waals surface area contributed by atoms with Crippen molar-refractivity contribution in [2.45, 2.75) is 45.3 Å². The molecule has 0 radical (unpaired) electrons. The van der Waals surface area contributed by atoms with Crippen molar-refractivity contribution in [3.8, 4) is 0 Å². The molecule has 0 aliphatic carbocycles. The second-order valence-electron chi connectivity index (χ2n) is 7.42. The Morgan fingerprint density at radius 2 is 1.69 bits per heavy atom. The smallest absolute Gasteiger partial charge is 0.227 e. The predicted molar refractivity (Wildman–Crippen MR) is 101 cm³/mol. The van der Waals surface area contributed by atoms with Gasteiger partial charge in [-0.25, -0.2) is 0 Å². The van der Waals surface area contributed by atoms with Crippen molar-refractivity contribution in [3.63, 3.8) is 0 Å². The molecule has 0 unspecified atom stereocenters. The van der Waals surface area contributed by atoms with Crippen molar-refractivity contribution >= 4 is 23.4 Å². The molecule has 6 heteroatoms. The van der Waals surface area contributed by atoms with Gasteiger partial charge in [0.2, 0.25) is 11.8 Å². The van der Waals surface area contributed by atoms with E-state index in [4.69, 9.17) is 16.3 Å². The third-order valence-electron chi connectivity index (χ3n) is 5.23. The Labute approximate surface area is 160 Å². The van der Waals surface area contributed by atoms with Gasteiger partial charge in [-0.1, -0.05) is 29.8 Å². The molecule has 26 heavy (non-hydrogen) atoms. The minimum Gasteiger partial charge on any atom is -0.372 e. The molecular formula is C20H27ClN2O3. The Balaban J connectivity index is 1.51.